The Morgan fingerprint density at radius 1 is 1.28 bits per heavy atom. The lowest BCUT2D eigenvalue weighted by molar-refractivity contribution is 0.0871. The summed E-state index contributed by atoms with van der Waals surface area (Å²) < 4.78 is 0. The molecule has 0 bridgehead atoms. The quantitative estimate of drug-likeness (QED) is 0.761. The van der Waals surface area contributed by atoms with Gasteiger partial charge in [-0.15, -0.1) is 0 Å². The topological polar surface area (TPSA) is 20.3 Å². The van der Waals surface area contributed by atoms with Crippen LogP contribution in [0.15, 0.2) is 18.2 Å². The summed E-state index contributed by atoms with van der Waals surface area (Å²) in [7, 11) is 0. The van der Waals surface area contributed by atoms with Gasteiger partial charge in [-0.25, -0.2) is 0 Å². The van der Waals surface area contributed by atoms with E-state index in [1.807, 2.05) is 18.2 Å². The molecule has 1 aromatic carbocycles. The molecule has 0 N–H and O–H groups in total. The lowest BCUT2D eigenvalue weighted by atomic mass is 10.00. The van der Waals surface area contributed by atoms with Gasteiger partial charge in [0.05, 0.1) is 6.54 Å². The number of ketones is 1. The molecule has 1 aliphatic rings. The van der Waals surface area contributed by atoms with Crippen molar-refractivity contribution in [2.45, 2.75) is 46.1 Å². The average molecular weight is 245 g/mol. The molecule has 18 heavy (non-hydrogen) atoms. The molecule has 0 unspecified atom stereocenters. The highest BCUT2D eigenvalue weighted by molar-refractivity contribution is 5.97. The summed E-state index contributed by atoms with van der Waals surface area (Å²) in [5, 5.41) is 0. The van der Waals surface area contributed by atoms with Gasteiger partial charge in [0.2, 0.25) is 0 Å². The Labute approximate surface area is 110 Å². The summed E-state index contributed by atoms with van der Waals surface area (Å²) in [5.74, 6) is 0.244. The first-order valence-electron chi connectivity index (χ1n) is 6.76. The number of benzene rings is 1. The van der Waals surface area contributed by atoms with Crippen molar-refractivity contribution < 1.29 is 4.79 Å². The molecule has 2 nitrogen and oxygen atoms in total. The largest absolute Gasteiger partial charge is 0.293 e. The molecule has 1 aliphatic heterocycles. The van der Waals surface area contributed by atoms with Gasteiger partial charge in [-0.3, -0.25) is 9.69 Å². The number of Topliss-reactive ketones (excluding diaryl/α,β-unsaturated/α-hetero) is 1. The van der Waals surface area contributed by atoms with Gasteiger partial charge < -0.3 is 0 Å². The number of rotatable bonds is 3. The first-order chi connectivity index (χ1) is 8.40. The monoisotopic (exact) mass is 245 g/mol. The predicted molar refractivity (Wildman–Crippen MR) is 75.1 cm³/mol. The Bertz CT molecular complexity index is 462. The zero-order chi connectivity index (χ0) is 13.3. The van der Waals surface area contributed by atoms with Crippen LogP contribution in [0.2, 0.25) is 0 Å². The third-order valence-electron chi connectivity index (χ3n) is 4.24. The summed E-state index contributed by atoms with van der Waals surface area (Å²) >= 11 is 0. The van der Waals surface area contributed by atoms with Gasteiger partial charge in [0.1, 0.15) is 0 Å². The molecular formula is C16H23NO. The molecule has 2 rings (SSSR count). The van der Waals surface area contributed by atoms with Crippen LogP contribution in [-0.4, -0.2) is 29.3 Å². The number of hydrogen-bond donors (Lipinski definition) is 0. The van der Waals surface area contributed by atoms with Crippen LogP contribution < -0.4 is 0 Å². The molecule has 0 aromatic heterocycles. The fraction of sp³-hybridized carbons (Fsp3) is 0.562. The maximum absolute atomic E-state index is 12.3. The smallest absolute Gasteiger partial charge is 0.176 e. The van der Waals surface area contributed by atoms with Crippen molar-refractivity contribution in [1.29, 1.82) is 0 Å². The molecule has 0 saturated carbocycles. The Kier molecular flexibility index (Phi) is 3.58. The highest BCUT2D eigenvalue weighted by atomic mass is 16.1. The van der Waals surface area contributed by atoms with Crippen LogP contribution in [0.5, 0.6) is 0 Å². The Hall–Kier alpha value is -1.15. The SMILES string of the molecule is Cc1ccc(C(=O)CN2CCCC2(C)C)cc1C. The highest BCUT2D eigenvalue weighted by Gasteiger charge is 2.32. The van der Waals surface area contributed by atoms with E-state index in [4.69, 9.17) is 0 Å². The number of likely N-dealkylation sites (tertiary alicyclic amines) is 1. The van der Waals surface area contributed by atoms with Crippen molar-refractivity contribution in [1.82, 2.24) is 4.90 Å². The minimum Gasteiger partial charge on any atom is -0.293 e. The summed E-state index contributed by atoms with van der Waals surface area (Å²) in [6.07, 6.45) is 2.39. The van der Waals surface area contributed by atoms with Crippen LogP contribution >= 0.6 is 0 Å². The molecule has 0 aliphatic carbocycles. The van der Waals surface area contributed by atoms with E-state index in [2.05, 4.69) is 32.6 Å². The van der Waals surface area contributed by atoms with Crippen molar-refractivity contribution in [3.05, 3.63) is 34.9 Å². The third-order valence-corrected chi connectivity index (χ3v) is 4.24. The zero-order valence-corrected chi connectivity index (χ0v) is 11.9. The van der Waals surface area contributed by atoms with Crippen LogP contribution in [0.1, 0.15) is 48.2 Å². The number of hydrogen-bond acceptors (Lipinski definition) is 2. The van der Waals surface area contributed by atoms with E-state index in [1.165, 1.54) is 24.0 Å². The maximum atomic E-state index is 12.3. The third kappa shape index (κ3) is 2.64. The van der Waals surface area contributed by atoms with E-state index in [-0.39, 0.29) is 11.3 Å². The normalized spacial score (nSPS) is 19.1. The minimum atomic E-state index is 0.176. The van der Waals surface area contributed by atoms with Crippen molar-refractivity contribution in [3.63, 3.8) is 0 Å². The molecule has 1 fully saturated rings. The van der Waals surface area contributed by atoms with Crippen LogP contribution in [0, 0.1) is 13.8 Å². The van der Waals surface area contributed by atoms with Gasteiger partial charge in [0.25, 0.3) is 0 Å². The molecule has 98 valence electrons. The van der Waals surface area contributed by atoms with E-state index in [0.717, 1.165) is 12.1 Å². The predicted octanol–water partition coefficient (Wildman–Crippen LogP) is 3.36. The number of carbonyl (C=O) groups excluding carboxylic acids is 1. The van der Waals surface area contributed by atoms with Gasteiger partial charge >= 0.3 is 0 Å². The molecule has 0 radical (unpaired) electrons. The molecule has 1 heterocycles. The van der Waals surface area contributed by atoms with Gasteiger partial charge in [-0.1, -0.05) is 12.1 Å². The summed E-state index contributed by atoms with van der Waals surface area (Å²) in [5.41, 5.74) is 3.46. The second-order valence-electron chi connectivity index (χ2n) is 6.06. The second-order valence-corrected chi connectivity index (χ2v) is 6.06. The van der Waals surface area contributed by atoms with E-state index in [1.54, 1.807) is 0 Å². The summed E-state index contributed by atoms with van der Waals surface area (Å²) in [6, 6.07) is 6.01. The van der Waals surface area contributed by atoms with Crippen molar-refractivity contribution in [3.8, 4) is 0 Å². The lowest BCUT2D eigenvalue weighted by Gasteiger charge is -2.30. The van der Waals surface area contributed by atoms with E-state index in [9.17, 15) is 4.79 Å². The molecule has 2 heteroatoms. The Balaban J connectivity index is 2.10. The molecule has 1 saturated heterocycles. The van der Waals surface area contributed by atoms with Gasteiger partial charge in [0.15, 0.2) is 5.78 Å². The fourth-order valence-corrected chi connectivity index (χ4v) is 2.64. The Morgan fingerprint density at radius 3 is 2.56 bits per heavy atom. The van der Waals surface area contributed by atoms with Crippen LogP contribution in [0.3, 0.4) is 0 Å². The Morgan fingerprint density at radius 2 is 2.00 bits per heavy atom. The highest BCUT2D eigenvalue weighted by Crippen LogP contribution is 2.28. The molecular weight excluding hydrogens is 222 g/mol. The molecule has 0 spiro atoms. The van der Waals surface area contributed by atoms with Crippen LogP contribution in [0.4, 0.5) is 0 Å². The standard InChI is InChI=1S/C16H23NO/c1-12-6-7-14(10-13(12)2)15(18)11-17-9-5-8-16(17,3)4/h6-7,10H,5,8-9,11H2,1-4H3. The van der Waals surface area contributed by atoms with E-state index in [0.29, 0.717) is 6.54 Å². The number of nitrogens with zero attached hydrogens (tertiary/aromatic N) is 1. The van der Waals surface area contributed by atoms with E-state index >= 15 is 0 Å². The first kappa shape index (κ1) is 13.3. The molecule has 0 atom stereocenters. The summed E-state index contributed by atoms with van der Waals surface area (Å²) in [4.78, 5) is 14.6. The van der Waals surface area contributed by atoms with Crippen molar-refractivity contribution >= 4 is 5.78 Å². The summed E-state index contributed by atoms with van der Waals surface area (Å²) in [6.45, 7) is 10.2. The maximum Gasteiger partial charge on any atom is 0.176 e. The average Bonchev–Trinajstić information content (AvgIpc) is 2.62. The van der Waals surface area contributed by atoms with Gasteiger partial charge in [-0.2, -0.15) is 0 Å². The van der Waals surface area contributed by atoms with Gasteiger partial charge in [0, 0.05) is 11.1 Å². The van der Waals surface area contributed by atoms with Crippen molar-refractivity contribution in [2.75, 3.05) is 13.1 Å². The first-order valence-corrected chi connectivity index (χ1v) is 6.76. The second kappa shape index (κ2) is 4.85. The van der Waals surface area contributed by atoms with E-state index < -0.39 is 0 Å². The molecule has 1 aromatic rings. The molecule has 0 amide bonds. The lowest BCUT2D eigenvalue weighted by Crippen LogP contribution is -2.41. The fourth-order valence-electron chi connectivity index (χ4n) is 2.64. The van der Waals surface area contributed by atoms with Crippen LogP contribution in [0.25, 0.3) is 0 Å². The number of carbonyl (C=O) groups is 1. The minimum absolute atomic E-state index is 0.176. The van der Waals surface area contributed by atoms with Crippen molar-refractivity contribution in [2.24, 2.45) is 0 Å². The number of aryl methyl sites for hydroxylation is 2. The zero-order valence-electron chi connectivity index (χ0n) is 11.9. The van der Waals surface area contributed by atoms with Gasteiger partial charge in [-0.05, 0) is 64.3 Å². The van der Waals surface area contributed by atoms with Crippen LogP contribution in [-0.2, 0) is 0 Å².